The molecule has 0 N–H and O–H groups in total. The average Bonchev–Trinajstić information content (AvgIpc) is 2.80. The molecular weight excluding hydrogens is 1630 g/mol. The van der Waals surface area contributed by atoms with E-state index in [1.165, 1.54) is 22.3 Å². The predicted octanol–water partition coefficient (Wildman–Crippen LogP) is 31.4. The van der Waals surface area contributed by atoms with E-state index in [1.54, 1.807) is 38.2 Å². The third-order valence-corrected chi connectivity index (χ3v) is 9.60. The first kappa shape index (κ1) is 124. The Morgan fingerprint density at radius 3 is 0.479 bits per heavy atom. The van der Waals surface area contributed by atoms with Crippen molar-refractivity contribution < 1.29 is 19.2 Å². The minimum absolute atomic E-state index is 0. The molecule has 0 radical (unpaired) electrons. The second-order valence-corrected chi connectivity index (χ2v) is 16.5. The summed E-state index contributed by atoms with van der Waals surface area (Å²) < 4.78 is 0. The first-order chi connectivity index (χ1) is 43.8. The molecule has 0 bridgehead atoms. The maximum Gasteiger partial charge on any atom is 0.155 e. The highest BCUT2D eigenvalue weighted by molar-refractivity contribution is 15.0. The standard InChI is InChI=1S/2C11H12O.2C10H10O.4C7H8.6C2H6.6CH4.2I2/c2*1-2-11(12)9-8-10-6-4-3-5-7-10;2*1-9(11)7-8-10-5-3-2-4-6-10;4*1-7-5-3-2-4-6-7;6*1-2;;;;;;;2*1-2/h2*3-9H,2H2,1H3;2*2-8H,1H3;4*2-6H,1H3;6*1-2H3;6*1H4;;/b2*9-8+;2*8-7+;;;;;;;;;;;;;;;;;;. The van der Waals surface area contributed by atoms with Crippen LogP contribution in [-0.4, -0.2) is 23.1 Å². The van der Waals surface area contributed by atoms with Crippen molar-refractivity contribution in [3.8, 4) is 0 Å². The van der Waals surface area contributed by atoms with Crippen LogP contribution >= 0.6 is 74.5 Å². The van der Waals surface area contributed by atoms with Gasteiger partial charge in [0.15, 0.2) is 23.1 Å². The largest absolute Gasteiger partial charge is 0.295 e. The number of halogens is 4. The van der Waals surface area contributed by atoms with Crippen LogP contribution in [0.4, 0.5) is 0 Å². The maximum atomic E-state index is 10.9. The van der Waals surface area contributed by atoms with Gasteiger partial charge < -0.3 is 0 Å². The molecule has 0 atom stereocenters. The van der Waals surface area contributed by atoms with Crippen molar-refractivity contribution in [2.75, 3.05) is 0 Å². The van der Waals surface area contributed by atoms with E-state index in [0.717, 1.165) is 22.3 Å². The van der Waals surface area contributed by atoms with Gasteiger partial charge in [-0.25, -0.2) is 0 Å². The monoisotopic (exact) mass is 1760 g/mol. The van der Waals surface area contributed by atoms with Gasteiger partial charge in [0.2, 0.25) is 0 Å². The molecule has 0 saturated carbocycles. The Morgan fingerprint density at radius 2 is 0.375 bits per heavy atom. The van der Waals surface area contributed by atoms with Gasteiger partial charge in [0.05, 0.1) is 0 Å². The fraction of sp³-hybridized carbons (Fsp3) is 0.318. The zero-order valence-electron chi connectivity index (χ0n) is 58.3. The number of hydrogen-bond donors (Lipinski definition) is 0. The van der Waals surface area contributed by atoms with Crippen LogP contribution in [0.25, 0.3) is 24.3 Å². The quantitative estimate of drug-likeness (QED) is 0.101. The number of benzene rings is 8. The Balaban J connectivity index is -0.0000000645. The Hall–Kier alpha value is -5.68. The summed E-state index contributed by atoms with van der Waals surface area (Å²) in [5.41, 5.74) is 9.54. The number of rotatable bonds is 10. The summed E-state index contributed by atoms with van der Waals surface area (Å²) in [4.78, 5) is 42.9. The van der Waals surface area contributed by atoms with Crippen LogP contribution < -0.4 is 0 Å². The molecule has 0 spiro atoms. The van der Waals surface area contributed by atoms with Crippen molar-refractivity contribution in [3.05, 3.63) is 311 Å². The van der Waals surface area contributed by atoms with Crippen molar-refractivity contribution in [2.24, 2.45) is 0 Å². The lowest BCUT2D eigenvalue weighted by Gasteiger charge is -1.89. The van der Waals surface area contributed by atoms with E-state index in [2.05, 4.69) is 151 Å². The lowest BCUT2D eigenvalue weighted by Crippen LogP contribution is -1.86. The van der Waals surface area contributed by atoms with E-state index in [-0.39, 0.29) is 67.7 Å². The van der Waals surface area contributed by atoms with Crippen molar-refractivity contribution in [2.45, 2.75) is 196 Å². The molecular formula is C88H136I4O4. The zero-order chi connectivity index (χ0) is 70.3. The summed E-state index contributed by atoms with van der Waals surface area (Å²) in [5.74, 6) is 0.486. The van der Waals surface area contributed by atoms with Gasteiger partial charge in [-0.15, -0.1) is 0 Å². The Kier molecular flexibility index (Phi) is 139. The molecule has 96 heavy (non-hydrogen) atoms. The van der Waals surface area contributed by atoms with E-state index >= 15 is 0 Å². The van der Waals surface area contributed by atoms with Crippen LogP contribution in [0.5, 0.6) is 0 Å². The lowest BCUT2D eigenvalue weighted by atomic mass is 10.2. The Bertz CT molecular complexity index is 2500. The van der Waals surface area contributed by atoms with Crippen LogP contribution in [0.2, 0.25) is 0 Å². The van der Waals surface area contributed by atoms with E-state index in [1.807, 2.05) is 315 Å². The number of allylic oxidation sites excluding steroid dienone is 4. The maximum absolute atomic E-state index is 10.9. The third-order valence-electron chi connectivity index (χ3n) is 9.60. The van der Waals surface area contributed by atoms with Gasteiger partial charge in [-0.05, 0) is 88.1 Å². The van der Waals surface area contributed by atoms with Crippen LogP contribution in [0.3, 0.4) is 0 Å². The normalized spacial score (nSPS) is 8.00. The first-order valence-electron chi connectivity index (χ1n) is 31.2. The average molecular weight is 1770 g/mol. The van der Waals surface area contributed by atoms with E-state index in [9.17, 15) is 19.2 Å². The zero-order valence-corrected chi connectivity index (χ0v) is 66.9. The third kappa shape index (κ3) is 99.4. The first-order valence-corrected chi connectivity index (χ1v) is 43.7. The van der Waals surface area contributed by atoms with Crippen LogP contribution in [0.15, 0.2) is 267 Å². The highest BCUT2D eigenvalue weighted by Crippen LogP contribution is 2.04. The Labute approximate surface area is 642 Å². The number of carbonyl (C=O) groups excluding carboxylic acids is 4. The summed E-state index contributed by atoms with van der Waals surface area (Å²) in [6.07, 6.45) is 14.8. The molecule has 0 unspecified atom stereocenters. The molecule has 0 fully saturated rings. The fourth-order valence-electron chi connectivity index (χ4n) is 5.44. The fourth-order valence-corrected chi connectivity index (χ4v) is 5.44. The van der Waals surface area contributed by atoms with Gasteiger partial charge in [0, 0.05) is 87.3 Å². The van der Waals surface area contributed by atoms with Gasteiger partial charge in [0.1, 0.15) is 0 Å². The molecule has 0 aromatic heterocycles. The number of hydrogen-bond acceptors (Lipinski definition) is 4. The molecule has 0 saturated heterocycles. The molecule has 0 aliphatic rings. The summed E-state index contributed by atoms with van der Waals surface area (Å²) in [6.45, 7) is 39.1. The highest BCUT2D eigenvalue weighted by atomic mass is 128. The van der Waals surface area contributed by atoms with Crippen LogP contribution in [0.1, 0.15) is 213 Å². The van der Waals surface area contributed by atoms with Crippen molar-refractivity contribution in [1.82, 2.24) is 0 Å². The summed E-state index contributed by atoms with van der Waals surface area (Å²) in [6, 6.07) is 80.2. The molecule has 0 heterocycles. The van der Waals surface area contributed by atoms with Crippen molar-refractivity contribution in [1.29, 1.82) is 0 Å². The highest BCUT2D eigenvalue weighted by Gasteiger charge is 1.91. The minimum Gasteiger partial charge on any atom is -0.295 e. The van der Waals surface area contributed by atoms with Crippen LogP contribution in [0, 0.1) is 27.7 Å². The molecule has 540 valence electrons. The molecule has 0 aliphatic carbocycles. The number of carbonyl (C=O) groups is 4. The van der Waals surface area contributed by atoms with Gasteiger partial charge in [-0.2, -0.15) is 0 Å². The topological polar surface area (TPSA) is 68.3 Å². The smallest absolute Gasteiger partial charge is 0.155 e. The summed E-state index contributed by atoms with van der Waals surface area (Å²) in [7, 11) is 0. The minimum atomic E-state index is 0. The van der Waals surface area contributed by atoms with Gasteiger partial charge >= 0.3 is 0 Å². The van der Waals surface area contributed by atoms with Crippen molar-refractivity contribution in [3.63, 3.8) is 0 Å². The summed E-state index contributed by atoms with van der Waals surface area (Å²) >= 11 is 8.48. The second kappa shape index (κ2) is 108. The molecule has 0 amide bonds. The number of ketones is 4. The molecule has 8 aromatic rings. The van der Waals surface area contributed by atoms with Gasteiger partial charge in [0.25, 0.3) is 0 Å². The lowest BCUT2D eigenvalue weighted by molar-refractivity contribution is -0.115. The Morgan fingerprint density at radius 1 is 0.250 bits per heavy atom. The van der Waals surface area contributed by atoms with E-state index in [4.69, 9.17) is 0 Å². The van der Waals surface area contributed by atoms with E-state index < -0.39 is 0 Å². The molecule has 4 nitrogen and oxygen atoms in total. The predicted molar refractivity (Wildman–Crippen MR) is 483 cm³/mol. The van der Waals surface area contributed by atoms with Gasteiger partial charge in [-0.3, -0.25) is 19.2 Å². The SMILES string of the molecule is C.C.C.C.C.C.CC.CC.CC.CC.CC.CC.CC(=O)/C=C/c1ccccc1.CC(=O)/C=C/c1ccccc1.CCC(=O)/C=C/c1ccccc1.CCC(=O)/C=C/c1ccccc1.Cc1ccccc1.Cc1ccccc1.Cc1ccccc1.Cc1ccccc1.II.II. The van der Waals surface area contributed by atoms with Crippen molar-refractivity contribution >= 4 is 122 Å². The second-order valence-electron chi connectivity index (χ2n) is 16.5. The molecule has 8 aromatic carbocycles. The number of aryl methyl sites for hydroxylation is 4. The molecule has 8 rings (SSSR count). The molecule has 8 heteroatoms. The van der Waals surface area contributed by atoms with Crippen LogP contribution in [-0.2, 0) is 19.2 Å². The molecule has 0 aliphatic heterocycles. The summed E-state index contributed by atoms with van der Waals surface area (Å²) in [5, 5.41) is 0. The van der Waals surface area contributed by atoms with Gasteiger partial charge in [-0.1, -0.05) is 431 Å². The van der Waals surface area contributed by atoms with E-state index in [0.29, 0.717) is 12.8 Å².